The molecule has 0 aromatic carbocycles. The summed E-state index contributed by atoms with van der Waals surface area (Å²) in [6.07, 6.45) is 2.22. The second-order valence-corrected chi connectivity index (χ2v) is 3.34. The van der Waals surface area contributed by atoms with Crippen molar-refractivity contribution in [1.29, 1.82) is 0 Å². The van der Waals surface area contributed by atoms with Crippen LogP contribution in [0, 0.1) is 11.8 Å². The molecule has 13 heavy (non-hydrogen) atoms. The van der Waals surface area contributed by atoms with Crippen LogP contribution in [0.2, 0.25) is 0 Å². The third-order valence-electron chi connectivity index (χ3n) is 2.35. The number of carboxylic acid groups (broad SMARTS) is 2. The average molecular weight is 182 g/mol. The van der Waals surface area contributed by atoms with E-state index in [-0.39, 0.29) is 12.8 Å². The van der Waals surface area contributed by atoms with Gasteiger partial charge in [0.05, 0.1) is 0 Å². The molecule has 0 spiro atoms. The predicted octanol–water partition coefficient (Wildman–Crippen LogP) is -1.54. The fourth-order valence-electron chi connectivity index (χ4n) is 1.57. The van der Waals surface area contributed by atoms with Gasteiger partial charge in [0.2, 0.25) is 0 Å². The van der Waals surface area contributed by atoms with Crippen molar-refractivity contribution in [3.05, 3.63) is 11.6 Å². The molecule has 72 valence electrons. The monoisotopic (exact) mass is 182 g/mol. The molecule has 1 aliphatic rings. The maximum atomic E-state index is 10.6. The zero-order valence-corrected chi connectivity index (χ0v) is 7.28. The Bertz CT molecular complexity index is 267. The Morgan fingerprint density at radius 1 is 1.31 bits per heavy atom. The zero-order chi connectivity index (χ0) is 10.0. The molecule has 0 unspecified atom stereocenters. The molecule has 1 rings (SSSR count). The summed E-state index contributed by atoms with van der Waals surface area (Å²) in [5.41, 5.74) is 0.895. The highest BCUT2D eigenvalue weighted by atomic mass is 16.4. The van der Waals surface area contributed by atoms with E-state index in [9.17, 15) is 19.8 Å². The van der Waals surface area contributed by atoms with Gasteiger partial charge in [-0.25, -0.2) is 0 Å². The van der Waals surface area contributed by atoms with Crippen LogP contribution in [0.4, 0.5) is 0 Å². The van der Waals surface area contributed by atoms with E-state index in [1.807, 2.05) is 0 Å². The number of hydrogen-bond donors (Lipinski definition) is 0. The fourth-order valence-corrected chi connectivity index (χ4v) is 1.57. The lowest BCUT2D eigenvalue weighted by Crippen LogP contribution is -2.45. The van der Waals surface area contributed by atoms with E-state index in [4.69, 9.17) is 0 Å². The Morgan fingerprint density at radius 2 is 1.85 bits per heavy atom. The third-order valence-corrected chi connectivity index (χ3v) is 2.35. The van der Waals surface area contributed by atoms with E-state index in [2.05, 4.69) is 0 Å². The lowest BCUT2D eigenvalue weighted by Gasteiger charge is -2.31. The Labute approximate surface area is 75.9 Å². The van der Waals surface area contributed by atoms with E-state index in [0.29, 0.717) is 0 Å². The summed E-state index contributed by atoms with van der Waals surface area (Å²) in [6.45, 7) is 1.78. The molecule has 0 saturated carbocycles. The first-order valence-corrected chi connectivity index (χ1v) is 4.09. The SMILES string of the molecule is CC1=CC[C@H](C(=O)[O-])[C@@H](C(=O)[O-])C1. The van der Waals surface area contributed by atoms with Gasteiger partial charge in [-0.2, -0.15) is 0 Å². The summed E-state index contributed by atoms with van der Waals surface area (Å²) in [4.78, 5) is 21.1. The first kappa shape index (κ1) is 9.77. The van der Waals surface area contributed by atoms with Crippen molar-refractivity contribution >= 4 is 11.9 Å². The Kier molecular flexibility index (Phi) is 2.70. The molecule has 1 aliphatic carbocycles. The van der Waals surface area contributed by atoms with Crippen molar-refractivity contribution < 1.29 is 19.8 Å². The molecule has 0 aliphatic heterocycles. The minimum absolute atomic E-state index is 0.229. The minimum atomic E-state index is -1.31. The Hall–Kier alpha value is -1.32. The van der Waals surface area contributed by atoms with Crippen LogP contribution in [0.5, 0.6) is 0 Å². The molecule has 0 radical (unpaired) electrons. The van der Waals surface area contributed by atoms with Gasteiger partial charge in [0.25, 0.3) is 0 Å². The van der Waals surface area contributed by atoms with Gasteiger partial charge >= 0.3 is 0 Å². The van der Waals surface area contributed by atoms with Crippen molar-refractivity contribution in [3.63, 3.8) is 0 Å². The summed E-state index contributed by atoms with van der Waals surface area (Å²) in [6, 6.07) is 0. The van der Waals surface area contributed by atoms with Gasteiger partial charge in [-0.3, -0.25) is 0 Å². The lowest BCUT2D eigenvalue weighted by atomic mass is 9.80. The van der Waals surface area contributed by atoms with Crippen LogP contribution >= 0.6 is 0 Å². The minimum Gasteiger partial charge on any atom is -0.550 e. The largest absolute Gasteiger partial charge is 0.550 e. The summed E-state index contributed by atoms with van der Waals surface area (Å²) in [5, 5.41) is 21.1. The molecule has 0 heterocycles. The van der Waals surface area contributed by atoms with Crippen molar-refractivity contribution in [1.82, 2.24) is 0 Å². The molecule has 0 bridgehead atoms. The predicted molar refractivity (Wildman–Crippen MR) is 40.0 cm³/mol. The van der Waals surface area contributed by atoms with Gasteiger partial charge in [0, 0.05) is 23.8 Å². The van der Waals surface area contributed by atoms with Crippen molar-refractivity contribution in [2.24, 2.45) is 11.8 Å². The number of carboxylic acids is 2. The molecule has 0 aromatic heterocycles. The maximum absolute atomic E-state index is 10.6. The van der Waals surface area contributed by atoms with Crippen LogP contribution in [-0.4, -0.2) is 11.9 Å². The number of carbonyl (C=O) groups excluding carboxylic acids is 2. The van der Waals surface area contributed by atoms with E-state index in [1.54, 1.807) is 13.0 Å². The van der Waals surface area contributed by atoms with Crippen molar-refractivity contribution in [2.75, 3.05) is 0 Å². The molecule has 0 N–H and O–H groups in total. The molecule has 0 fully saturated rings. The maximum Gasteiger partial charge on any atom is 0.0455 e. The van der Waals surface area contributed by atoms with Crippen LogP contribution in [-0.2, 0) is 9.59 Å². The average Bonchev–Trinajstić information content (AvgIpc) is 2.03. The quantitative estimate of drug-likeness (QED) is 0.485. The first-order valence-electron chi connectivity index (χ1n) is 4.09. The van der Waals surface area contributed by atoms with Crippen LogP contribution < -0.4 is 10.2 Å². The van der Waals surface area contributed by atoms with Gasteiger partial charge in [0.1, 0.15) is 0 Å². The lowest BCUT2D eigenvalue weighted by molar-refractivity contribution is -0.326. The van der Waals surface area contributed by atoms with Crippen LogP contribution in [0.1, 0.15) is 19.8 Å². The normalized spacial score (nSPS) is 27.9. The van der Waals surface area contributed by atoms with E-state index in [1.165, 1.54) is 0 Å². The van der Waals surface area contributed by atoms with E-state index >= 15 is 0 Å². The third kappa shape index (κ3) is 2.08. The van der Waals surface area contributed by atoms with Crippen LogP contribution in [0.3, 0.4) is 0 Å². The summed E-state index contributed by atoms with van der Waals surface area (Å²) in [5.74, 6) is -4.48. The molecule has 4 heteroatoms. The highest BCUT2D eigenvalue weighted by Crippen LogP contribution is 2.28. The fraction of sp³-hybridized carbons (Fsp3) is 0.556. The van der Waals surface area contributed by atoms with E-state index in [0.717, 1.165) is 5.57 Å². The summed E-state index contributed by atoms with van der Waals surface area (Å²) < 4.78 is 0. The molecule has 2 atom stereocenters. The Morgan fingerprint density at radius 3 is 2.31 bits per heavy atom. The topological polar surface area (TPSA) is 80.3 Å². The second kappa shape index (κ2) is 3.60. The van der Waals surface area contributed by atoms with Gasteiger partial charge in [-0.15, -0.1) is 0 Å². The standard InChI is InChI=1S/C9H12O4/c1-5-2-3-6(8(10)11)7(4-5)9(12)13/h2,6-7H,3-4H2,1H3,(H,10,11)(H,12,13)/p-2/t6-,7-/m0/s1. The number of allylic oxidation sites excluding steroid dienone is 2. The van der Waals surface area contributed by atoms with Crippen molar-refractivity contribution in [3.8, 4) is 0 Å². The van der Waals surface area contributed by atoms with E-state index < -0.39 is 23.8 Å². The number of carbonyl (C=O) groups is 2. The van der Waals surface area contributed by atoms with Crippen LogP contribution in [0.25, 0.3) is 0 Å². The highest BCUT2D eigenvalue weighted by molar-refractivity contribution is 5.78. The molecule has 4 nitrogen and oxygen atoms in total. The van der Waals surface area contributed by atoms with Gasteiger partial charge in [0.15, 0.2) is 0 Å². The Balaban J connectivity index is 2.83. The van der Waals surface area contributed by atoms with Gasteiger partial charge in [-0.05, 0) is 19.8 Å². The highest BCUT2D eigenvalue weighted by Gasteiger charge is 2.26. The molecule has 0 aromatic rings. The van der Waals surface area contributed by atoms with Crippen LogP contribution in [0.15, 0.2) is 11.6 Å². The number of rotatable bonds is 2. The van der Waals surface area contributed by atoms with Gasteiger partial charge < -0.3 is 19.8 Å². The number of hydrogen-bond acceptors (Lipinski definition) is 4. The first-order chi connectivity index (χ1) is 6.02. The molecule has 0 amide bonds. The molecule has 0 saturated heterocycles. The smallest absolute Gasteiger partial charge is 0.0455 e. The zero-order valence-electron chi connectivity index (χ0n) is 7.28. The number of aliphatic carboxylic acids is 2. The summed E-state index contributed by atoms with van der Waals surface area (Å²) >= 11 is 0. The van der Waals surface area contributed by atoms with Gasteiger partial charge in [-0.1, -0.05) is 11.6 Å². The summed E-state index contributed by atoms with van der Waals surface area (Å²) in [7, 11) is 0. The second-order valence-electron chi connectivity index (χ2n) is 3.34. The molecular weight excluding hydrogens is 172 g/mol. The van der Waals surface area contributed by atoms with Crippen molar-refractivity contribution in [2.45, 2.75) is 19.8 Å². The molecular formula is C9H10O4-2.